The molecule has 0 atom stereocenters. The minimum Gasteiger partial charge on any atom is -0.368 e. The Morgan fingerprint density at radius 2 is 2.50 bits per heavy atom. The van der Waals surface area contributed by atoms with Crippen LogP contribution in [0.3, 0.4) is 0 Å². The molecular formula is C6H10N2OS. The Morgan fingerprint density at radius 3 is 2.90 bits per heavy atom. The number of thiocarbonyl (C=S) groups is 1. The van der Waals surface area contributed by atoms with Crippen LogP contribution in [0.1, 0.15) is 12.8 Å². The van der Waals surface area contributed by atoms with Gasteiger partial charge in [0.05, 0.1) is 11.5 Å². The summed E-state index contributed by atoms with van der Waals surface area (Å²) in [5, 5.41) is 0. The maximum atomic E-state index is 10.4. The van der Waals surface area contributed by atoms with E-state index in [2.05, 4.69) is 0 Å². The van der Waals surface area contributed by atoms with E-state index in [1.54, 1.807) is 0 Å². The average molecular weight is 158 g/mol. The van der Waals surface area contributed by atoms with Gasteiger partial charge in [0.2, 0.25) is 5.91 Å². The third-order valence-electron chi connectivity index (χ3n) is 1.52. The van der Waals surface area contributed by atoms with E-state index in [-0.39, 0.29) is 5.91 Å². The number of hydrogen-bond acceptors (Lipinski definition) is 2. The first-order chi connectivity index (χ1) is 4.70. The average Bonchev–Trinajstić information content (AvgIpc) is 2.15. The highest BCUT2D eigenvalue weighted by atomic mass is 32.1. The third-order valence-corrected chi connectivity index (χ3v) is 1.98. The Kier molecular flexibility index (Phi) is 2.21. The minimum absolute atomic E-state index is 0.291. The van der Waals surface area contributed by atoms with Crippen molar-refractivity contribution in [2.24, 2.45) is 5.73 Å². The van der Waals surface area contributed by atoms with Crippen molar-refractivity contribution >= 4 is 23.1 Å². The Morgan fingerprint density at radius 1 is 1.80 bits per heavy atom. The Balaban J connectivity index is 2.40. The lowest BCUT2D eigenvalue weighted by Gasteiger charge is -2.14. The van der Waals surface area contributed by atoms with Crippen LogP contribution in [0.4, 0.5) is 0 Å². The van der Waals surface area contributed by atoms with Gasteiger partial charge in [-0.2, -0.15) is 0 Å². The quantitative estimate of drug-likeness (QED) is 0.571. The summed E-state index contributed by atoms with van der Waals surface area (Å²) in [5.41, 5.74) is 4.99. The molecule has 2 N–H and O–H groups in total. The lowest BCUT2D eigenvalue weighted by atomic mass is 10.4. The molecular weight excluding hydrogens is 148 g/mol. The molecule has 0 saturated carbocycles. The van der Waals surface area contributed by atoms with Gasteiger partial charge in [-0.3, -0.25) is 4.79 Å². The van der Waals surface area contributed by atoms with E-state index < -0.39 is 0 Å². The molecule has 1 heterocycles. The van der Waals surface area contributed by atoms with E-state index in [0.29, 0.717) is 6.54 Å². The van der Waals surface area contributed by atoms with Crippen molar-refractivity contribution in [1.29, 1.82) is 0 Å². The zero-order chi connectivity index (χ0) is 7.56. The summed E-state index contributed by atoms with van der Waals surface area (Å²) in [6, 6.07) is 0. The number of nitrogens with two attached hydrogens (primary N) is 1. The smallest absolute Gasteiger partial charge is 0.236 e. The predicted molar refractivity (Wildman–Crippen MR) is 42.6 cm³/mol. The Hall–Kier alpha value is -0.640. The van der Waals surface area contributed by atoms with Crippen LogP contribution in [-0.4, -0.2) is 28.9 Å². The predicted octanol–water partition coefficient (Wildman–Crippen LogP) is -0.105. The maximum absolute atomic E-state index is 10.4. The highest BCUT2D eigenvalue weighted by Crippen LogP contribution is 2.09. The number of nitrogens with zero attached hydrogens (tertiary/aromatic N) is 1. The van der Waals surface area contributed by atoms with Crippen LogP contribution in [0, 0.1) is 0 Å². The van der Waals surface area contributed by atoms with Gasteiger partial charge in [-0.05, 0) is 12.8 Å². The van der Waals surface area contributed by atoms with Crippen molar-refractivity contribution in [3.63, 3.8) is 0 Å². The topological polar surface area (TPSA) is 46.3 Å². The maximum Gasteiger partial charge on any atom is 0.236 e. The van der Waals surface area contributed by atoms with Gasteiger partial charge in [0, 0.05) is 6.54 Å². The fourth-order valence-electron chi connectivity index (χ4n) is 1.06. The van der Waals surface area contributed by atoms with Crippen molar-refractivity contribution in [1.82, 2.24) is 4.90 Å². The summed E-state index contributed by atoms with van der Waals surface area (Å²) in [4.78, 5) is 13.2. The Labute approximate surface area is 65.2 Å². The van der Waals surface area contributed by atoms with Crippen LogP contribution in [0.15, 0.2) is 0 Å². The number of carbonyl (C=O) groups excluding carboxylic acids is 1. The molecule has 0 aliphatic carbocycles. The van der Waals surface area contributed by atoms with Crippen LogP contribution in [0.5, 0.6) is 0 Å². The van der Waals surface area contributed by atoms with Gasteiger partial charge in [-0.25, -0.2) is 0 Å². The molecule has 1 saturated heterocycles. The van der Waals surface area contributed by atoms with Crippen molar-refractivity contribution in [3.8, 4) is 0 Å². The Bertz CT molecular complexity index is 169. The van der Waals surface area contributed by atoms with E-state index in [1.165, 1.54) is 0 Å². The van der Waals surface area contributed by atoms with Crippen LogP contribution in [0.2, 0.25) is 0 Å². The summed E-state index contributed by atoms with van der Waals surface area (Å²) in [6.45, 7) is 1.18. The second kappa shape index (κ2) is 2.96. The van der Waals surface area contributed by atoms with Crippen LogP contribution in [0.25, 0.3) is 0 Å². The fraction of sp³-hybridized carbons (Fsp3) is 0.667. The normalized spacial score (nSPS) is 18.0. The van der Waals surface area contributed by atoms with E-state index in [1.807, 2.05) is 4.90 Å². The van der Waals surface area contributed by atoms with Crippen LogP contribution >= 0.6 is 12.2 Å². The first-order valence-electron chi connectivity index (χ1n) is 3.26. The molecule has 1 amide bonds. The highest BCUT2D eigenvalue weighted by molar-refractivity contribution is 7.80. The van der Waals surface area contributed by atoms with Gasteiger partial charge in [0.25, 0.3) is 0 Å². The van der Waals surface area contributed by atoms with Gasteiger partial charge in [-0.1, -0.05) is 12.2 Å². The van der Waals surface area contributed by atoms with Gasteiger partial charge >= 0.3 is 0 Å². The zero-order valence-electron chi connectivity index (χ0n) is 5.67. The first-order valence-corrected chi connectivity index (χ1v) is 3.67. The fourth-order valence-corrected chi connectivity index (χ4v) is 1.36. The van der Waals surface area contributed by atoms with Crippen molar-refractivity contribution in [2.75, 3.05) is 13.1 Å². The monoisotopic (exact) mass is 158 g/mol. The van der Waals surface area contributed by atoms with Crippen LogP contribution < -0.4 is 5.73 Å². The summed E-state index contributed by atoms with van der Waals surface area (Å²) < 4.78 is 0. The summed E-state index contributed by atoms with van der Waals surface area (Å²) in [5.74, 6) is -0.302. The molecule has 1 aliphatic rings. The first kappa shape index (κ1) is 7.47. The molecule has 56 valence electrons. The molecule has 3 nitrogen and oxygen atoms in total. The molecule has 1 aliphatic heterocycles. The van der Waals surface area contributed by atoms with E-state index in [0.717, 1.165) is 24.4 Å². The molecule has 0 spiro atoms. The van der Waals surface area contributed by atoms with Gasteiger partial charge in [0.15, 0.2) is 0 Å². The van der Waals surface area contributed by atoms with Crippen molar-refractivity contribution < 1.29 is 4.79 Å². The number of hydrogen-bond donors (Lipinski definition) is 1. The summed E-state index contributed by atoms with van der Waals surface area (Å²) in [7, 11) is 0. The molecule has 0 aromatic heterocycles. The molecule has 1 fully saturated rings. The molecule has 0 aromatic rings. The molecule has 4 heteroatoms. The zero-order valence-corrected chi connectivity index (χ0v) is 6.49. The second-order valence-corrected chi connectivity index (χ2v) is 2.86. The molecule has 10 heavy (non-hydrogen) atoms. The molecule has 0 unspecified atom stereocenters. The highest BCUT2D eigenvalue weighted by Gasteiger charge is 2.17. The second-order valence-electron chi connectivity index (χ2n) is 2.39. The SMILES string of the molecule is NC(=O)CN1CCCC1=S. The van der Waals surface area contributed by atoms with Crippen LogP contribution in [-0.2, 0) is 4.79 Å². The molecule has 0 aromatic carbocycles. The number of rotatable bonds is 2. The largest absolute Gasteiger partial charge is 0.368 e. The summed E-state index contributed by atoms with van der Waals surface area (Å²) in [6.07, 6.45) is 1.99. The lowest BCUT2D eigenvalue weighted by Crippen LogP contribution is -2.33. The summed E-state index contributed by atoms with van der Waals surface area (Å²) >= 11 is 4.98. The molecule has 0 radical (unpaired) electrons. The minimum atomic E-state index is -0.302. The number of carbonyl (C=O) groups is 1. The van der Waals surface area contributed by atoms with E-state index in [9.17, 15) is 4.79 Å². The van der Waals surface area contributed by atoms with Gasteiger partial charge in [-0.15, -0.1) is 0 Å². The van der Waals surface area contributed by atoms with Crippen molar-refractivity contribution in [2.45, 2.75) is 12.8 Å². The standard InChI is InChI=1S/C6H10N2OS/c7-5(9)4-8-3-1-2-6(8)10/h1-4H2,(H2,7,9). The number of amides is 1. The van der Waals surface area contributed by atoms with Gasteiger partial charge in [0.1, 0.15) is 0 Å². The molecule has 0 bridgehead atoms. The van der Waals surface area contributed by atoms with Gasteiger partial charge < -0.3 is 10.6 Å². The van der Waals surface area contributed by atoms with Crippen molar-refractivity contribution in [3.05, 3.63) is 0 Å². The number of likely N-dealkylation sites (tertiary alicyclic amines) is 1. The van der Waals surface area contributed by atoms with E-state index in [4.69, 9.17) is 18.0 Å². The molecule has 1 rings (SSSR count). The number of primary amides is 1. The third kappa shape index (κ3) is 1.67. The lowest BCUT2D eigenvalue weighted by molar-refractivity contribution is -0.118. The van der Waals surface area contributed by atoms with E-state index >= 15 is 0 Å².